The number of amides is 1. The molecular formula is C8H8ClFN2O. The van der Waals surface area contributed by atoms with Crippen molar-refractivity contribution in [1.29, 1.82) is 0 Å². The van der Waals surface area contributed by atoms with Crippen LogP contribution in [0, 0.1) is 0 Å². The Morgan fingerprint density at radius 2 is 2.38 bits per heavy atom. The molecule has 1 aromatic heterocycles. The van der Waals surface area contributed by atoms with E-state index in [4.69, 9.17) is 17.3 Å². The maximum Gasteiger partial charge on any atom is 0.250 e. The zero-order valence-corrected chi connectivity index (χ0v) is 7.68. The molecule has 0 aliphatic rings. The molecule has 0 spiro atoms. The van der Waals surface area contributed by atoms with Crippen LogP contribution in [-0.2, 0) is 0 Å². The largest absolute Gasteiger partial charge is 0.366 e. The van der Waals surface area contributed by atoms with Crippen molar-refractivity contribution in [2.24, 2.45) is 5.73 Å². The first-order valence-corrected chi connectivity index (χ1v) is 3.99. The highest BCUT2D eigenvalue weighted by Crippen LogP contribution is 2.20. The normalized spacial score (nSPS) is 12.5. The van der Waals surface area contributed by atoms with Gasteiger partial charge in [-0.05, 0) is 13.0 Å². The number of nitrogens with two attached hydrogens (primary N) is 1. The predicted octanol–water partition coefficient (Wildman–Crippen LogP) is 1.86. The van der Waals surface area contributed by atoms with E-state index in [1.54, 1.807) is 0 Å². The summed E-state index contributed by atoms with van der Waals surface area (Å²) in [5.74, 6) is -0.727. The molecule has 2 N–H and O–H groups in total. The lowest BCUT2D eigenvalue weighted by molar-refractivity contribution is 0.0997. The summed E-state index contributed by atoms with van der Waals surface area (Å²) < 4.78 is 12.9. The number of rotatable bonds is 2. The smallest absolute Gasteiger partial charge is 0.250 e. The number of hydrogen-bond acceptors (Lipinski definition) is 2. The van der Waals surface area contributed by atoms with Crippen LogP contribution >= 0.6 is 11.6 Å². The van der Waals surface area contributed by atoms with Gasteiger partial charge in [-0.25, -0.2) is 4.39 Å². The maximum absolute atomic E-state index is 12.9. The van der Waals surface area contributed by atoms with Crippen molar-refractivity contribution in [3.63, 3.8) is 0 Å². The lowest BCUT2D eigenvalue weighted by atomic mass is 10.1. The molecule has 1 heterocycles. The van der Waals surface area contributed by atoms with E-state index < -0.39 is 12.1 Å². The van der Waals surface area contributed by atoms with Crippen LogP contribution < -0.4 is 5.73 Å². The number of carbonyl (C=O) groups is 1. The average Bonchev–Trinajstić information content (AvgIpc) is 2.03. The van der Waals surface area contributed by atoms with Gasteiger partial charge < -0.3 is 5.73 Å². The topological polar surface area (TPSA) is 56.0 Å². The summed E-state index contributed by atoms with van der Waals surface area (Å²) in [6.07, 6.45) is -0.0564. The van der Waals surface area contributed by atoms with Crippen LogP contribution in [0.5, 0.6) is 0 Å². The number of pyridine rings is 1. The maximum atomic E-state index is 12.9. The van der Waals surface area contributed by atoms with Crippen LogP contribution in [0.15, 0.2) is 12.3 Å². The van der Waals surface area contributed by atoms with Gasteiger partial charge in [-0.3, -0.25) is 9.78 Å². The van der Waals surface area contributed by atoms with Crippen LogP contribution in [-0.4, -0.2) is 10.9 Å². The quantitative estimate of drug-likeness (QED) is 0.796. The molecule has 0 saturated heterocycles. The molecule has 1 aromatic rings. The first kappa shape index (κ1) is 9.92. The van der Waals surface area contributed by atoms with Crippen molar-refractivity contribution in [2.75, 3.05) is 0 Å². The van der Waals surface area contributed by atoms with E-state index in [1.807, 2.05) is 0 Å². The number of hydrogen-bond donors (Lipinski definition) is 1. The van der Waals surface area contributed by atoms with Crippen LogP contribution in [0.25, 0.3) is 0 Å². The molecule has 0 aromatic carbocycles. The van der Waals surface area contributed by atoms with Gasteiger partial charge in [0.1, 0.15) is 6.17 Å². The molecule has 1 rings (SSSR count). The summed E-state index contributed by atoms with van der Waals surface area (Å²) in [7, 11) is 0. The monoisotopic (exact) mass is 202 g/mol. The lowest BCUT2D eigenvalue weighted by Gasteiger charge is -2.06. The minimum atomic E-state index is -1.33. The summed E-state index contributed by atoms with van der Waals surface area (Å²) in [6, 6.07) is 1.31. The third-order valence-corrected chi connectivity index (χ3v) is 1.73. The van der Waals surface area contributed by atoms with Gasteiger partial charge in [-0.15, -0.1) is 0 Å². The Morgan fingerprint density at radius 1 is 1.77 bits per heavy atom. The van der Waals surface area contributed by atoms with Gasteiger partial charge in [-0.2, -0.15) is 0 Å². The van der Waals surface area contributed by atoms with Crippen molar-refractivity contribution in [3.05, 3.63) is 28.5 Å². The van der Waals surface area contributed by atoms with Crippen molar-refractivity contribution < 1.29 is 9.18 Å². The van der Waals surface area contributed by atoms with Gasteiger partial charge in [0, 0.05) is 6.20 Å². The van der Waals surface area contributed by atoms with E-state index in [0.717, 1.165) is 0 Å². The Bertz CT molecular complexity index is 341. The molecule has 0 aliphatic heterocycles. The third-order valence-electron chi connectivity index (χ3n) is 1.53. The van der Waals surface area contributed by atoms with Crippen molar-refractivity contribution in [2.45, 2.75) is 13.1 Å². The Morgan fingerprint density at radius 3 is 2.85 bits per heavy atom. The van der Waals surface area contributed by atoms with E-state index >= 15 is 0 Å². The molecule has 0 aliphatic carbocycles. The number of primary amides is 1. The molecule has 0 bridgehead atoms. The fourth-order valence-electron chi connectivity index (χ4n) is 0.964. The second-order valence-corrected chi connectivity index (χ2v) is 3.00. The minimum Gasteiger partial charge on any atom is -0.366 e. The number of alkyl halides is 1. The first-order chi connectivity index (χ1) is 6.02. The summed E-state index contributed by atoms with van der Waals surface area (Å²) in [6.45, 7) is 1.28. The highest BCUT2D eigenvalue weighted by Gasteiger charge is 2.15. The summed E-state index contributed by atoms with van der Waals surface area (Å²) in [4.78, 5) is 14.5. The molecule has 0 fully saturated rings. The van der Waals surface area contributed by atoms with Crippen LogP contribution in [0.2, 0.25) is 5.02 Å². The lowest BCUT2D eigenvalue weighted by Crippen LogP contribution is -2.15. The SMILES string of the molecule is CC(F)c1ncc(Cl)cc1C(N)=O. The fraction of sp³-hybridized carbons (Fsp3) is 0.250. The summed E-state index contributed by atoms with van der Waals surface area (Å²) in [5, 5.41) is 0.262. The van der Waals surface area contributed by atoms with Crippen LogP contribution in [0.3, 0.4) is 0 Å². The Balaban J connectivity index is 3.27. The summed E-state index contributed by atoms with van der Waals surface area (Å²) in [5.41, 5.74) is 5.07. The molecule has 5 heteroatoms. The number of aromatic nitrogens is 1. The van der Waals surface area contributed by atoms with Gasteiger partial charge in [0.05, 0.1) is 16.3 Å². The molecule has 3 nitrogen and oxygen atoms in total. The van der Waals surface area contributed by atoms with E-state index in [-0.39, 0.29) is 16.3 Å². The van der Waals surface area contributed by atoms with E-state index in [0.29, 0.717) is 0 Å². The molecule has 1 amide bonds. The van der Waals surface area contributed by atoms with Gasteiger partial charge in [0.15, 0.2) is 0 Å². The van der Waals surface area contributed by atoms with Gasteiger partial charge in [-0.1, -0.05) is 11.6 Å². The first-order valence-electron chi connectivity index (χ1n) is 3.61. The number of halogens is 2. The van der Waals surface area contributed by atoms with Gasteiger partial charge >= 0.3 is 0 Å². The van der Waals surface area contributed by atoms with E-state index in [2.05, 4.69) is 4.98 Å². The van der Waals surface area contributed by atoms with Crippen molar-refractivity contribution in [1.82, 2.24) is 4.98 Å². The van der Waals surface area contributed by atoms with Gasteiger partial charge in [0.25, 0.3) is 5.91 Å². The Kier molecular flexibility index (Phi) is 2.83. The van der Waals surface area contributed by atoms with Crippen molar-refractivity contribution >= 4 is 17.5 Å². The highest BCUT2D eigenvalue weighted by molar-refractivity contribution is 6.30. The van der Waals surface area contributed by atoms with Crippen molar-refractivity contribution in [3.8, 4) is 0 Å². The van der Waals surface area contributed by atoms with E-state index in [1.165, 1.54) is 19.2 Å². The van der Waals surface area contributed by atoms with Gasteiger partial charge in [0.2, 0.25) is 0 Å². The summed E-state index contributed by atoms with van der Waals surface area (Å²) >= 11 is 5.57. The second-order valence-electron chi connectivity index (χ2n) is 2.57. The molecule has 1 atom stereocenters. The number of carbonyl (C=O) groups excluding carboxylic acids is 1. The minimum absolute atomic E-state index is 0.0249. The van der Waals surface area contributed by atoms with Crippen LogP contribution in [0.1, 0.15) is 29.1 Å². The number of nitrogens with zero attached hydrogens (tertiary/aromatic N) is 1. The Hall–Kier alpha value is -1.16. The molecular weight excluding hydrogens is 195 g/mol. The second kappa shape index (κ2) is 3.70. The molecule has 0 saturated carbocycles. The molecule has 70 valence electrons. The van der Waals surface area contributed by atoms with E-state index in [9.17, 15) is 9.18 Å². The molecule has 1 unspecified atom stereocenters. The fourth-order valence-corrected chi connectivity index (χ4v) is 1.12. The molecule has 0 radical (unpaired) electrons. The Labute approximate surface area is 79.7 Å². The average molecular weight is 203 g/mol. The molecule has 13 heavy (non-hydrogen) atoms. The standard InChI is InChI=1S/C8H8ClFN2O/c1-4(10)7-6(8(11)13)2-5(9)3-12-7/h2-4H,1H3,(H2,11,13). The predicted molar refractivity (Wildman–Crippen MR) is 47.3 cm³/mol. The van der Waals surface area contributed by atoms with Crippen LogP contribution in [0.4, 0.5) is 4.39 Å². The highest BCUT2D eigenvalue weighted by atomic mass is 35.5. The zero-order chi connectivity index (χ0) is 10.0. The zero-order valence-electron chi connectivity index (χ0n) is 6.92. The third kappa shape index (κ3) is 2.15.